The van der Waals surface area contributed by atoms with Crippen LogP contribution in [0.2, 0.25) is 0 Å². The average Bonchev–Trinajstić information content (AvgIpc) is 3.20. The molecule has 26 heavy (non-hydrogen) atoms. The number of anilines is 1. The molecule has 6 heteroatoms. The normalized spacial score (nSPS) is 10.2. The summed E-state index contributed by atoms with van der Waals surface area (Å²) in [5.74, 6) is 0.235. The van der Waals surface area contributed by atoms with Gasteiger partial charge in [-0.15, -0.1) is 11.3 Å². The Morgan fingerprint density at radius 3 is 2.46 bits per heavy atom. The molecule has 0 bridgehead atoms. The van der Waals surface area contributed by atoms with E-state index in [1.807, 2.05) is 23.6 Å². The molecule has 0 aliphatic heterocycles. The van der Waals surface area contributed by atoms with Gasteiger partial charge < -0.3 is 15.4 Å². The topological polar surface area (TPSA) is 67.4 Å². The van der Waals surface area contributed by atoms with E-state index < -0.39 is 0 Å². The lowest BCUT2D eigenvalue weighted by Gasteiger charge is -2.09. The minimum Gasteiger partial charge on any atom is -0.488 e. The van der Waals surface area contributed by atoms with Gasteiger partial charge in [-0.2, -0.15) is 0 Å². The van der Waals surface area contributed by atoms with Crippen molar-refractivity contribution in [3.05, 3.63) is 82.0 Å². The summed E-state index contributed by atoms with van der Waals surface area (Å²) in [5, 5.41) is 7.37. The van der Waals surface area contributed by atoms with E-state index >= 15 is 0 Å². The van der Waals surface area contributed by atoms with Gasteiger partial charge in [0.2, 0.25) is 0 Å². The van der Waals surface area contributed by atoms with Gasteiger partial charge in [-0.3, -0.25) is 9.59 Å². The van der Waals surface area contributed by atoms with Crippen LogP contribution in [0.15, 0.2) is 66.0 Å². The fourth-order valence-electron chi connectivity index (χ4n) is 2.33. The van der Waals surface area contributed by atoms with Crippen molar-refractivity contribution in [3.8, 4) is 5.75 Å². The second-order valence-electron chi connectivity index (χ2n) is 5.51. The largest absolute Gasteiger partial charge is 0.488 e. The van der Waals surface area contributed by atoms with Crippen LogP contribution in [0.25, 0.3) is 0 Å². The lowest BCUT2D eigenvalue weighted by atomic mass is 10.1. The van der Waals surface area contributed by atoms with Gasteiger partial charge in [0.25, 0.3) is 11.8 Å². The minimum atomic E-state index is -0.237. The molecule has 0 saturated carbocycles. The first-order valence-electron chi connectivity index (χ1n) is 8.04. The lowest BCUT2D eigenvalue weighted by molar-refractivity contribution is 0.0962. The van der Waals surface area contributed by atoms with Crippen LogP contribution in [0.3, 0.4) is 0 Å². The molecule has 0 aliphatic rings. The van der Waals surface area contributed by atoms with Crippen LogP contribution in [0, 0.1) is 0 Å². The zero-order valence-electron chi connectivity index (χ0n) is 14.2. The van der Waals surface area contributed by atoms with Crippen LogP contribution < -0.4 is 15.4 Å². The number of nitrogens with one attached hydrogen (secondary N) is 2. The highest BCUT2D eigenvalue weighted by atomic mass is 32.1. The first-order chi connectivity index (χ1) is 12.7. The highest BCUT2D eigenvalue weighted by molar-refractivity contribution is 7.09. The van der Waals surface area contributed by atoms with E-state index in [4.69, 9.17) is 4.74 Å². The summed E-state index contributed by atoms with van der Waals surface area (Å²) in [6.45, 7) is 0.476. The number of hydrogen-bond acceptors (Lipinski definition) is 4. The number of hydrogen-bond donors (Lipinski definition) is 2. The predicted octanol–water partition coefficient (Wildman–Crippen LogP) is 3.94. The quantitative estimate of drug-likeness (QED) is 0.694. The summed E-state index contributed by atoms with van der Waals surface area (Å²) in [7, 11) is 1.57. The number of thiophene rings is 1. The average molecular weight is 366 g/mol. The second kappa shape index (κ2) is 8.31. The third-order valence-corrected chi connectivity index (χ3v) is 4.54. The van der Waals surface area contributed by atoms with Crippen molar-refractivity contribution < 1.29 is 14.3 Å². The van der Waals surface area contributed by atoms with Crippen molar-refractivity contribution in [2.24, 2.45) is 0 Å². The van der Waals surface area contributed by atoms with Crippen LogP contribution in [-0.4, -0.2) is 18.9 Å². The molecule has 0 atom stereocenters. The summed E-state index contributed by atoms with van der Waals surface area (Å²) >= 11 is 1.63. The van der Waals surface area contributed by atoms with Crippen molar-refractivity contribution >= 4 is 28.8 Å². The van der Waals surface area contributed by atoms with Crippen molar-refractivity contribution in [3.63, 3.8) is 0 Å². The Labute approximate surface area is 155 Å². The van der Waals surface area contributed by atoms with Gasteiger partial charge in [0, 0.05) is 28.7 Å². The number of benzene rings is 2. The molecule has 0 unspecified atom stereocenters. The van der Waals surface area contributed by atoms with E-state index in [0.29, 0.717) is 29.2 Å². The standard InChI is InChI=1S/C20H18N2O3S/c1-21-19(23)14-7-9-16(10-8-14)22-20(24)15-4-2-5-17(12-15)25-13-18-6-3-11-26-18/h2-12H,13H2,1H3,(H,21,23)(H,22,24). The molecule has 5 nitrogen and oxygen atoms in total. The smallest absolute Gasteiger partial charge is 0.255 e. The Morgan fingerprint density at radius 2 is 1.77 bits per heavy atom. The molecule has 132 valence electrons. The maximum Gasteiger partial charge on any atom is 0.255 e. The Bertz CT molecular complexity index is 890. The van der Waals surface area contributed by atoms with Gasteiger partial charge in [-0.1, -0.05) is 12.1 Å². The van der Waals surface area contributed by atoms with Gasteiger partial charge in [-0.25, -0.2) is 0 Å². The first-order valence-corrected chi connectivity index (χ1v) is 8.92. The van der Waals surface area contributed by atoms with Crippen molar-refractivity contribution in [2.45, 2.75) is 6.61 Å². The summed E-state index contributed by atoms with van der Waals surface area (Å²) in [5.41, 5.74) is 1.66. The van der Waals surface area contributed by atoms with Crippen molar-refractivity contribution in [1.82, 2.24) is 5.32 Å². The van der Waals surface area contributed by atoms with Crippen LogP contribution in [0.4, 0.5) is 5.69 Å². The molecular weight excluding hydrogens is 348 g/mol. The monoisotopic (exact) mass is 366 g/mol. The second-order valence-corrected chi connectivity index (χ2v) is 6.54. The Morgan fingerprint density at radius 1 is 0.962 bits per heavy atom. The van der Waals surface area contributed by atoms with Gasteiger partial charge >= 0.3 is 0 Å². The van der Waals surface area contributed by atoms with Gasteiger partial charge in [0.1, 0.15) is 12.4 Å². The van der Waals surface area contributed by atoms with E-state index in [9.17, 15) is 9.59 Å². The summed E-state index contributed by atoms with van der Waals surface area (Å²) in [6, 6.07) is 17.7. The van der Waals surface area contributed by atoms with E-state index in [-0.39, 0.29) is 11.8 Å². The minimum absolute atomic E-state index is 0.168. The molecule has 2 N–H and O–H groups in total. The number of rotatable bonds is 6. The molecule has 1 heterocycles. The fourth-order valence-corrected chi connectivity index (χ4v) is 2.94. The van der Waals surface area contributed by atoms with Gasteiger partial charge in [-0.05, 0) is 53.9 Å². The van der Waals surface area contributed by atoms with E-state index in [1.165, 1.54) is 0 Å². The Hall–Kier alpha value is -3.12. The lowest BCUT2D eigenvalue weighted by Crippen LogP contribution is -2.17. The fraction of sp³-hybridized carbons (Fsp3) is 0.100. The Balaban J connectivity index is 1.64. The number of carbonyl (C=O) groups is 2. The zero-order valence-corrected chi connectivity index (χ0v) is 15.0. The third kappa shape index (κ3) is 4.49. The van der Waals surface area contributed by atoms with E-state index in [0.717, 1.165) is 4.88 Å². The van der Waals surface area contributed by atoms with Crippen LogP contribution in [0.5, 0.6) is 5.75 Å². The maximum absolute atomic E-state index is 12.4. The highest BCUT2D eigenvalue weighted by Gasteiger charge is 2.09. The van der Waals surface area contributed by atoms with E-state index in [2.05, 4.69) is 10.6 Å². The molecule has 0 spiro atoms. The third-order valence-electron chi connectivity index (χ3n) is 3.69. The summed E-state index contributed by atoms with van der Waals surface area (Å²) in [6.07, 6.45) is 0. The van der Waals surface area contributed by atoms with E-state index in [1.54, 1.807) is 60.8 Å². The van der Waals surface area contributed by atoms with Crippen LogP contribution >= 0.6 is 11.3 Å². The molecular formula is C20H18N2O3S. The van der Waals surface area contributed by atoms with Crippen molar-refractivity contribution in [2.75, 3.05) is 12.4 Å². The maximum atomic E-state index is 12.4. The highest BCUT2D eigenvalue weighted by Crippen LogP contribution is 2.18. The number of carbonyl (C=O) groups excluding carboxylic acids is 2. The number of amides is 2. The molecule has 3 aromatic rings. The molecule has 0 aliphatic carbocycles. The molecule has 1 aromatic heterocycles. The first kappa shape index (κ1) is 17.7. The molecule has 3 rings (SSSR count). The van der Waals surface area contributed by atoms with Crippen LogP contribution in [-0.2, 0) is 6.61 Å². The molecule has 2 aromatic carbocycles. The van der Waals surface area contributed by atoms with Crippen molar-refractivity contribution in [1.29, 1.82) is 0 Å². The molecule has 0 fully saturated rings. The van der Waals surface area contributed by atoms with Gasteiger partial charge in [0.15, 0.2) is 0 Å². The molecule has 0 saturated heterocycles. The molecule has 0 radical (unpaired) electrons. The summed E-state index contributed by atoms with van der Waals surface area (Å²) in [4.78, 5) is 25.1. The predicted molar refractivity (Wildman–Crippen MR) is 103 cm³/mol. The Kier molecular flexibility index (Phi) is 5.66. The molecule has 2 amide bonds. The summed E-state index contributed by atoms with van der Waals surface area (Å²) < 4.78 is 5.73. The number of ether oxygens (including phenoxy) is 1. The zero-order chi connectivity index (χ0) is 18.4. The van der Waals surface area contributed by atoms with Crippen LogP contribution in [0.1, 0.15) is 25.6 Å². The van der Waals surface area contributed by atoms with Gasteiger partial charge in [0.05, 0.1) is 0 Å². The SMILES string of the molecule is CNC(=O)c1ccc(NC(=O)c2cccc(OCc3cccs3)c2)cc1.